The van der Waals surface area contributed by atoms with E-state index in [-0.39, 0.29) is 30.7 Å². The number of rotatable bonds is 9. The van der Waals surface area contributed by atoms with E-state index in [4.69, 9.17) is 30.9 Å². The molecule has 1 saturated heterocycles. The highest BCUT2D eigenvalue weighted by molar-refractivity contribution is 6.99. The SMILES string of the molecule is CC(C)(C)[Si](OC[C@H]1O[C@@H](n2cc(C#CCN)c(N)nc2=O)C[C@@H]1OCN=[N+]=[N-])(c1ccccc1)c1ccccc1. The van der Waals surface area contributed by atoms with Crippen LogP contribution in [0.1, 0.15) is 39.0 Å². The maximum absolute atomic E-state index is 12.8. The van der Waals surface area contributed by atoms with Crippen LogP contribution in [0.2, 0.25) is 5.04 Å². The molecule has 1 aliphatic heterocycles. The molecule has 41 heavy (non-hydrogen) atoms. The minimum atomic E-state index is -2.87. The van der Waals surface area contributed by atoms with Crippen molar-refractivity contribution in [2.75, 3.05) is 25.6 Å². The second-order valence-electron chi connectivity index (χ2n) is 10.6. The van der Waals surface area contributed by atoms with Gasteiger partial charge in [0.1, 0.15) is 24.9 Å². The Bertz CT molecular complexity index is 1450. The van der Waals surface area contributed by atoms with Crippen molar-refractivity contribution in [1.29, 1.82) is 0 Å². The van der Waals surface area contributed by atoms with Crippen LogP contribution in [0.15, 0.2) is 76.8 Å². The summed E-state index contributed by atoms with van der Waals surface area (Å²) in [5, 5.41) is 5.54. The van der Waals surface area contributed by atoms with Gasteiger partial charge in [-0.2, -0.15) is 4.98 Å². The van der Waals surface area contributed by atoms with Crippen molar-refractivity contribution in [2.45, 2.75) is 50.7 Å². The Morgan fingerprint density at radius 1 is 1.17 bits per heavy atom. The van der Waals surface area contributed by atoms with Crippen molar-refractivity contribution in [3.05, 3.63) is 93.4 Å². The number of benzene rings is 2. The molecular formula is C29H35N7O4Si. The number of aromatic nitrogens is 2. The van der Waals surface area contributed by atoms with Crippen LogP contribution < -0.4 is 27.5 Å². The summed E-state index contributed by atoms with van der Waals surface area (Å²) in [6.07, 6.45) is 0.00178. The molecule has 12 heteroatoms. The average molecular weight is 574 g/mol. The van der Waals surface area contributed by atoms with Gasteiger partial charge in [0.25, 0.3) is 8.32 Å². The van der Waals surface area contributed by atoms with Gasteiger partial charge in [0.15, 0.2) is 0 Å². The molecule has 1 aliphatic rings. The van der Waals surface area contributed by atoms with Crippen molar-refractivity contribution in [1.82, 2.24) is 9.55 Å². The van der Waals surface area contributed by atoms with Crippen LogP contribution in [-0.2, 0) is 13.9 Å². The van der Waals surface area contributed by atoms with Crippen molar-refractivity contribution < 1.29 is 13.9 Å². The van der Waals surface area contributed by atoms with Crippen molar-refractivity contribution >= 4 is 24.5 Å². The summed E-state index contributed by atoms with van der Waals surface area (Å²) in [7, 11) is -2.87. The van der Waals surface area contributed by atoms with Crippen LogP contribution in [0.25, 0.3) is 10.4 Å². The number of nitrogens with zero attached hydrogens (tertiary/aromatic N) is 5. The third-order valence-corrected chi connectivity index (χ3v) is 12.1. The van der Waals surface area contributed by atoms with Crippen LogP contribution in [0.5, 0.6) is 0 Å². The summed E-state index contributed by atoms with van der Waals surface area (Å²) >= 11 is 0. The fourth-order valence-corrected chi connectivity index (χ4v) is 9.82. The average Bonchev–Trinajstić information content (AvgIpc) is 3.36. The van der Waals surface area contributed by atoms with Gasteiger partial charge >= 0.3 is 5.69 Å². The Balaban J connectivity index is 1.70. The zero-order valence-electron chi connectivity index (χ0n) is 23.4. The van der Waals surface area contributed by atoms with E-state index in [0.29, 0.717) is 12.0 Å². The summed E-state index contributed by atoms with van der Waals surface area (Å²) in [6, 6.07) is 20.5. The Morgan fingerprint density at radius 3 is 2.37 bits per heavy atom. The first kappa shape index (κ1) is 30.0. The maximum Gasteiger partial charge on any atom is 0.351 e. The highest BCUT2D eigenvalue weighted by Crippen LogP contribution is 2.38. The van der Waals surface area contributed by atoms with E-state index >= 15 is 0 Å². The molecule has 3 atom stereocenters. The number of nitrogens with two attached hydrogens (primary N) is 2. The number of anilines is 1. The van der Waals surface area contributed by atoms with Gasteiger partial charge < -0.3 is 25.4 Å². The normalized spacial score (nSPS) is 18.8. The van der Waals surface area contributed by atoms with Crippen LogP contribution in [0, 0.1) is 11.8 Å². The van der Waals surface area contributed by atoms with Gasteiger partial charge in [-0.25, -0.2) is 4.79 Å². The van der Waals surface area contributed by atoms with Gasteiger partial charge in [-0.3, -0.25) is 4.57 Å². The second-order valence-corrected chi connectivity index (χ2v) is 14.9. The number of hydrogen-bond donors (Lipinski definition) is 2. The Morgan fingerprint density at radius 2 is 1.80 bits per heavy atom. The molecule has 0 aliphatic carbocycles. The summed E-state index contributed by atoms with van der Waals surface area (Å²) < 4.78 is 20.7. The first-order chi connectivity index (χ1) is 19.7. The van der Waals surface area contributed by atoms with Gasteiger partial charge in [-0.15, -0.1) is 0 Å². The molecule has 1 aromatic heterocycles. The second kappa shape index (κ2) is 13.1. The standard InChI is InChI=1S/C29H35N7O4Si/c1-29(2,3)41(22-12-6-4-7-13-22,23-14-8-5-9-15-23)39-19-25-24(38-20-33-35-32)17-26(40-25)36-18-21(11-10-16-30)27(31)34-28(36)37/h4-9,12-15,18,24-26H,16-17,19-20,30H2,1-3H3,(H2,31,34,37)/t24-,25+,26+/m0/s1. The van der Waals surface area contributed by atoms with Crippen molar-refractivity contribution in [3.63, 3.8) is 0 Å². The molecule has 1 fully saturated rings. The minimum absolute atomic E-state index is 0.0212. The Kier molecular flexibility index (Phi) is 9.62. The summed E-state index contributed by atoms with van der Waals surface area (Å²) in [6.45, 7) is 6.70. The quantitative estimate of drug-likeness (QED) is 0.131. The lowest BCUT2D eigenvalue weighted by molar-refractivity contribution is -0.0582. The number of hydrogen-bond acceptors (Lipinski definition) is 8. The Labute approximate surface area is 240 Å². The van der Waals surface area contributed by atoms with Gasteiger partial charge in [0.2, 0.25) is 0 Å². The van der Waals surface area contributed by atoms with Gasteiger partial charge in [-0.1, -0.05) is 98.4 Å². The van der Waals surface area contributed by atoms with E-state index in [0.717, 1.165) is 10.4 Å². The van der Waals surface area contributed by atoms with Crippen LogP contribution in [0.3, 0.4) is 0 Å². The number of azide groups is 1. The maximum atomic E-state index is 12.8. The monoisotopic (exact) mass is 573 g/mol. The molecule has 4 N–H and O–H groups in total. The molecular weight excluding hydrogens is 538 g/mol. The van der Waals surface area contributed by atoms with Crippen LogP contribution in [-0.4, -0.2) is 50.0 Å². The van der Waals surface area contributed by atoms with E-state index < -0.39 is 32.4 Å². The zero-order valence-corrected chi connectivity index (χ0v) is 24.4. The molecule has 214 valence electrons. The van der Waals surface area contributed by atoms with Gasteiger partial charge in [-0.05, 0) is 20.9 Å². The third kappa shape index (κ3) is 6.52. The molecule has 11 nitrogen and oxygen atoms in total. The molecule has 3 aromatic rings. The molecule has 0 bridgehead atoms. The lowest BCUT2D eigenvalue weighted by Crippen LogP contribution is -2.67. The fourth-order valence-electron chi connectivity index (χ4n) is 5.25. The zero-order chi connectivity index (χ0) is 29.5. The number of nitrogen functional groups attached to an aromatic ring is 1. The lowest BCUT2D eigenvalue weighted by Gasteiger charge is -2.43. The summed E-state index contributed by atoms with van der Waals surface area (Å²) in [5.74, 6) is 5.60. The Hall–Kier alpha value is -3.95. The van der Waals surface area contributed by atoms with E-state index in [2.05, 4.69) is 71.9 Å². The van der Waals surface area contributed by atoms with E-state index in [9.17, 15) is 4.79 Å². The predicted molar refractivity (Wildman–Crippen MR) is 160 cm³/mol. The van der Waals surface area contributed by atoms with Crippen molar-refractivity contribution in [3.8, 4) is 11.8 Å². The van der Waals surface area contributed by atoms with E-state index in [1.165, 1.54) is 10.8 Å². The number of ether oxygens (including phenoxy) is 2. The first-order valence-corrected chi connectivity index (χ1v) is 15.2. The topological polar surface area (TPSA) is 163 Å². The predicted octanol–water partition coefficient (Wildman–Crippen LogP) is 2.65. The van der Waals surface area contributed by atoms with Crippen molar-refractivity contribution in [2.24, 2.45) is 10.8 Å². The largest absolute Gasteiger partial charge is 0.405 e. The van der Waals surface area contributed by atoms with E-state index in [1.54, 1.807) is 0 Å². The molecule has 0 saturated carbocycles. The molecule has 4 rings (SSSR count). The molecule has 0 amide bonds. The third-order valence-electron chi connectivity index (χ3n) is 7.09. The van der Waals surface area contributed by atoms with Crippen LogP contribution in [0.4, 0.5) is 5.82 Å². The van der Waals surface area contributed by atoms with Crippen LogP contribution >= 0.6 is 0 Å². The minimum Gasteiger partial charge on any atom is -0.405 e. The highest BCUT2D eigenvalue weighted by atomic mass is 28.4. The lowest BCUT2D eigenvalue weighted by atomic mass is 10.2. The van der Waals surface area contributed by atoms with Gasteiger partial charge in [0.05, 0.1) is 24.8 Å². The molecule has 0 unspecified atom stereocenters. The molecule has 2 heterocycles. The summed E-state index contributed by atoms with van der Waals surface area (Å²) in [5.41, 5.74) is 20.0. The molecule has 0 radical (unpaired) electrons. The van der Waals surface area contributed by atoms with E-state index in [1.807, 2.05) is 36.4 Å². The van der Waals surface area contributed by atoms with Gasteiger partial charge in [0, 0.05) is 17.5 Å². The fraction of sp³-hybridized carbons (Fsp3) is 0.379. The highest BCUT2D eigenvalue weighted by Gasteiger charge is 2.51. The first-order valence-electron chi connectivity index (χ1n) is 13.3. The smallest absolute Gasteiger partial charge is 0.351 e. The molecule has 2 aromatic carbocycles. The molecule has 0 spiro atoms. The summed E-state index contributed by atoms with van der Waals surface area (Å²) in [4.78, 5) is 19.5.